The molecule has 8 nitrogen and oxygen atoms in total. The SMILES string of the molecule is CCN(CC)CCc1c(C)[nH]c(C=C2C(=O)NN=C2c2cnccn2)c1-c1ccc(OC)cc1. The van der Waals surface area contributed by atoms with Gasteiger partial charge in [-0.25, -0.2) is 5.43 Å². The number of hydrazone groups is 1. The predicted octanol–water partition coefficient (Wildman–Crippen LogP) is 3.59. The first-order valence-electron chi connectivity index (χ1n) is 11.5. The summed E-state index contributed by atoms with van der Waals surface area (Å²) in [7, 11) is 1.66. The number of benzene rings is 1. The van der Waals surface area contributed by atoms with Crippen molar-refractivity contribution in [3.05, 3.63) is 71.1 Å². The summed E-state index contributed by atoms with van der Waals surface area (Å²) >= 11 is 0. The number of aromatic nitrogens is 3. The van der Waals surface area contributed by atoms with Gasteiger partial charge in [0, 0.05) is 35.9 Å². The van der Waals surface area contributed by atoms with Crippen molar-refractivity contribution in [3.8, 4) is 16.9 Å². The van der Waals surface area contributed by atoms with Gasteiger partial charge in [0.2, 0.25) is 0 Å². The summed E-state index contributed by atoms with van der Waals surface area (Å²) < 4.78 is 5.36. The van der Waals surface area contributed by atoms with E-state index in [4.69, 9.17) is 4.74 Å². The maximum Gasteiger partial charge on any atom is 0.273 e. The summed E-state index contributed by atoms with van der Waals surface area (Å²) in [6.07, 6.45) is 7.54. The highest BCUT2D eigenvalue weighted by Crippen LogP contribution is 2.34. The van der Waals surface area contributed by atoms with E-state index in [0.29, 0.717) is 17.0 Å². The van der Waals surface area contributed by atoms with Crippen LogP contribution < -0.4 is 10.2 Å². The molecule has 1 aromatic carbocycles. The molecule has 0 saturated carbocycles. The lowest BCUT2D eigenvalue weighted by molar-refractivity contribution is -0.116. The number of aromatic amines is 1. The van der Waals surface area contributed by atoms with Gasteiger partial charge in [-0.15, -0.1) is 0 Å². The van der Waals surface area contributed by atoms with Crippen LogP contribution in [-0.4, -0.2) is 58.2 Å². The molecule has 0 radical (unpaired) electrons. The van der Waals surface area contributed by atoms with Crippen molar-refractivity contribution in [1.82, 2.24) is 25.3 Å². The van der Waals surface area contributed by atoms with Crippen molar-refractivity contribution in [2.24, 2.45) is 5.10 Å². The van der Waals surface area contributed by atoms with Gasteiger partial charge in [-0.1, -0.05) is 26.0 Å². The third-order valence-corrected chi connectivity index (χ3v) is 6.16. The van der Waals surface area contributed by atoms with Crippen molar-refractivity contribution >= 4 is 17.7 Å². The van der Waals surface area contributed by atoms with Crippen LogP contribution in [0.15, 0.2) is 53.5 Å². The molecule has 0 spiro atoms. The number of rotatable bonds is 9. The molecule has 3 aromatic rings. The van der Waals surface area contributed by atoms with Crippen molar-refractivity contribution in [2.45, 2.75) is 27.2 Å². The topological polar surface area (TPSA) is 95.5 Å². The molecule has 8 heteroatoms. The molecule has 0 aliphatic carbocycles. The Hall–Kier alpha value is -3.78. The van der Waals surface area contributed by atoms with Gasteiger partial charge in [0.25, 0.3) is 5.91 Å². The molecule has 1 amide bonds. The van der Waals surface area contributed by atoms with Gasteiger partial charge in [-0.05, 0) is 55.8 Å². The summed E-state index contributed by atoms with van der Waals surface area (Å²) in [5.41, 5.74) is 9.37. The molecule has 34 heavy (non-hydrogen) atoms. The third-order valence-electron chi connectivity index (χ3n) is 6.16. The molecule has 1 aliphatic heterocycles. The van der Waals surface area contributed by atoms with Gasteiger partial charge in [0.05, 0.1) is 18.9 Å². The van der Waals surface area contributed by atoms with Gasteiger partial charge in [0.15, 0.2) is 0 Å². The van der Waals surface area contributed by atoms with Gasteiger partial charge in [0.1, 0.15) is 17.2 Å². The van der Waals surface area contributed by atoms with E-state index in [2.05, 4.69) is 63.3 Å². The minimum Gasteiger partial charge on any atom is -0.497 e. The van der Waals surface area contributed by atoms with Crippen LogP contribution in [0.4, 0.5) is 0 Å². The maximum absolute atomic E-state index is 12.7. The molecular weight excluding hydrogens is 428 g/mol. The Morgan fingerprint density at radius 1 is 1.12 bits per heavy atom. The summed E-state index contributed by atoms with van der Waals surface area (Å²) in [4.78, 5) is 27.1. The van der Waals surface area contributed by atoms with E-state index in [0.717, 1.165) is 54.3 Å². The highest BCUT2D eigenvalue weighted by Gasteiger charge is 2.27. The van der Waals surface area contributed by atoms with Crippen molar-refractivity contribution in [3.63, 3.8) is 0 Å². The zero-order chi connectivity index (χ0) is 24.1. The van der Waals surface area contributed by atoms with Crippen LogP contribution in [0.25, 0.3) is 17.2 Å². The Morgan fingerprint density at radius 2 is 1.88 bits per heavy atom. The number of carbonyl (C=O) groups excluding carboxylic acids is 1. The Morgan fingerprint density at radius 3 is 2.53 bits per heavy atom. The first kappa shape index (κ1) is 23.4. The van der Waals surface area contributed by atoms with Crippen molar-refractivity contribution < 1.29 is 9.53 Å². The molecular formula is C26H30N6O2. The molecule has 3 heterocycles. The zero-order valence-corrected chi connectivity index (χ0v) is 20.1. The molecule has 2 N–H and O–H groups in total. The zero-order valence-electron chi connectivity index (χ0n) is 20.1. The Balaban J connectivity index is 1.81. The number of nitrogens with zero attached hydrogens (tertiary/aromatic N) is 4. The highest BCUT2D eigenvalue weighted by atomic mass is 16.5. The Bertz CT molecular complexity index is 1210. The van der Waals surface area contributed by atoms with E-state index in [1.54, 1.807) is 25.7 Å². The summed E-state index contributed by atoms with van der Waals surface area (Å²) in [5.74, 6) is 0.533. The minimum absolute atomic E-state index is 0.265. The number of amides is 1. The largest absolute Gasteiger partial charge is 0.497 e. The Kier molecular flexibility index (Phi) is 7.18. The van der Waals surface area contributed by atoms with Gasteiger partial charge >= 0.3 is 0 Å². The van der Waals surface area contributed by atoms with Crippen LogP contribution in [0.1, 0.15) is 36.5 Å². The van der Waals surface area contributed by atoms with E-state index < -0.39 is 0 Å². The first-order chi connectivity index (χ1) is 16.5. The van der Waals surface area contributed by atoms with E-state index in [1.807, 2.05) is 18.2 Å². The fourth-order valence-corrected chi connectivity index (χ4v) is 4.24. The summed E-state index contributed by atoms with van der Waals surface area (Å²) in [5, 5.41) is 4.21. The summed E-state index contributed by atoms with van der Waals surface area (Å²) in [6, 6.07) is 8.02. The van der Waals surface area contributed by atoms with Gasteiger partial charge in [-0.2, -0.15) is 5.10 Å². The molecule has 1 aliphatic rings. The molecule has 0 atom stereocenters. The van der Waals surface area contributed by atoms with Crippen LogP contribution in [0.3, 0.4) is 0 Å². The van der Waals surface area contributed by atoms with E-state index in [9.17, 15) is 4.79 Å². The predicted molar refractivity (Wildman–Crippen MR) is 134 cm³/mol. The first-order valence-corrected chi connectivity index (χ1v) is 11.5. The summed E-state index contributed by atoms with van der Waals surface area (Å²) in [6.45, 7) is 9.41. The fraction of sp³-hybridized carbons (Fsp3) is 0.308. The molecule has 0 saturated heterocycles. The average molecular weight is 459 g/mol. The van der Waals surface area contributed by atoms with Gasteiger partial charge in [-0.3, -0.25) is 14.8 Å². The number of nitrogens with one attached hydrogen (secondary N) is 2. The molecule has 0 unspecified atom stereocenters. The van der Waals surface area contributed by atoms with Crippen LogP contribution in [0.2, 0.25) is 0 Å². The maximum atomic E-state index is 12.7. The lowest BCUT2D eigenvalue weighted by Gasteiger charge is -2.18. The van der Waals surface area contributed by atoms with Crippen LogP contribution in [0, 0.1) is 6.92 Å². The van der Waals surface area contributed by atoms with E-state index in [-0.39, 0.29) is 5.91 Å². The number of H-pyrrole nitrogens is 1. The quantitative estimate of drug-likeness (QED) is 0.478. The molecule has 0 fully saturated rings. The third kappa shape index (κ3) is 4.77. The monoisotopic (exact) mass is 458 g/mol. The van der Waals surface area contributed by atoms with Crippen LogP contribution in [0.5, 0.6) is 5.75 Å². The van der Waals surface area contributed by atoms with Crippen molar-refractivity contribution in [2.75, 3.05) is 26.7 Å². The van der Waals surface area contributed by atoms with Crippen LogP contribution >= 0.6 is 0 Å². The molecule has 4 rings (SSSR count). The fourth-order valence-electron chi connectivity index (χ4n) is 4.24. The second-order valence-corrected chi connectivity index (χ2v) is 8.07. The minimum atomic E-state index is -0.265. The number of hydrogen-bond acceptors (Lipinski definition) is 6. The van der Waals surface area contributed by atoms with Gasteiger partial charge < -0.3 is 14.6 Å². The average Bonchev–Trinajstić information content (AvgIpc) is 3.39. The van der Waals surface area contributed by atoms with E-state index >= 15 is 0 Å². The number of carbonyl (C=O) groups is 1. The molecule has 176 valence electrons. The normalized spacial score (nSPS) is 14.6. The van der Waals surface area contributed by atoms with Crippen LogP contribution in [-0.2, 0) is 11.2 Å². The highest BCUT2D eigenvalue weighted by molar-refractivity contribution is 6.32. The number of methoxy groups -OCH3 is 1. The Labute approximate surface area is 199 Å². The van der Waals surface area contributed by atoms with Crippen molar-refractivity contribution in [1.29, 1.82) is 0 Å². The molecule has 0 bridgehead atoms. The number of aryl methyl sites for hydroxylation is 1. The lowest BCUT2D eigenvalue weighted by Crippen LogP contribution is -2.25. The van der Waals surface area contributed by atoms with E-state index in [1.165, 1.54) is 5.56 Å². The smallest absolute Gasteiger partial charge is 0.273 e. The number of hydrogen-bond donors (Lipinski definition) is 2. The standard InChI is InChI=1S/C26H30N6O2/c1-5-32(6-2)14-11-20-17(3)29-22(24(20)18-7-9-19(34-4)10-8-18)15-21-25(30-31-26(21)33)23-16-27-12-13-28-23/h7-10,12-13,15-16,29H,5-6,11,14H2,1-4H3,(H,31,33). The second kappa shape index (κ2) is 10.4. The lowest BCUT2D eigenvalue weighted by atomic mass is 9.96. The second-order valence-electron chi connectivity index (χ2n) is 8.07. The number of likely N-dealkylation sites (N-methyl/N-ethyl adjacent to an activating group) is 1. The molecule has 2 aromatic heterocycles. The number of ether oxygens (including phenoxy) is 1.